The van der Waals surface area contributed by atoms with Crippen LogP contribution < -0.4 is 11.2 Å². The number of esters is 1. The molecule has 0 radical (unpaired) electrons. The Morgan fingerprint density at radius 1 is 0.889 bits per heavy atom. The fourth-order valence-electron chi connectivity index (χ4n) is 4.11. The van der Waals surface area contributed by atoms with Crippen LogP contribution >= 0.6 is 0 Å². The molecule has 0 saturated carbocycles. The van der Waals surface area contributed by atoms with Crippen molar-refractivity contribution in [2.75, 3.05) is 13.2 Å². The van der Waals surface area contributed by atoms with Gasteiger partial charge in [-0.1, -0.05) is 62.3 Å². The molecule has 0 spiro atoms. The van der Waals surface area contributed by atoms with E-state index in [9.17, 15) is 19.5 Å². The molecule has 1 saturated heterocycles. The first kappa shape index (κ1) is 39.8. The molecular formula is C31H60N2O9Si3. The van der Waals surface area contributed by atoms with E-state index in [0.29, 0.717) is 0 Å². The number of carbonyl (C=O) groups is 1. The Labute approximate surface area is 272 Å². The van der Waals surface area contributed by atoms with Gasteiger partial charge in [-0.15, -0.1) is 0 Å². The molecule has 1 aliphatic rings. The summed E-state index contributed by atoms with van der Waals surface area (Å²) in [6, 6.07) is 0. The molecule has 2 N–H and O–H groups in total. The van der Waals surface area contributed by atoms with Gasteiger partial charge in [0.05, 0.1) is 18.8 Å². The lowest BCUT2D eigenvalue weighted by molar-refractivity contribution is -0.153. The van der Waals surface area contributed by atoms with Crippen molar-refractivity contribution in [3.05, 3.63) is 32.6 Å². The van der Waals surface area contributed by atoms with Crippen LogP contribution in [0.4, 0.5) is 0 Å². The van der Waals surface area contributed by atoms with Gasteiger partial charge in [0.25, 0.3) is 5.56 Å². The molecule has 1 aromatic rings. The summed E-state index contributed by atoms with van der Waals surface area (Å²) < 4.78 is 33.7. The van der Waals surface area contributed by atoms with E-state index in [1.165, 1.54) is 10.8 Å². The highest BCUT2D eigenvalue weighted by Gasteiger charge is 2.55. The lowest BCUT2D eigenvalue weighted by Crippen LogP contribution is -2.55. The zero-order valence-electron chi connectivity index (χ0n) is 30.5. The van der Waals surface area contributed by atoms with Gasteiger partial charge in [-0.2, -0.15) is 0 Å². The highest BCUT2D eigenvalue weighted by Crippen LogP contribution is 2.46. The van der Waals surface area contributed by atoms with Gasteiger partial charge in [0.15, 0.2) is 37.3 Å². The molecule has 0 aromatic carbocycles. The number of hydrogen-bond donors (Lipinski definition) is 2. The summed E-state index contributed by atoms with van der Waals surface area (Å²) in [7, 11) is -7.15. The number of H-pyrrole nitrogens is 1. The smallest absolute Gasteiger partial charge is 0.339 e. The summed E-state index contributed by atoms with van der Waals surface area (Å²) in [5.74, 6) is -0.991. The molecule has 14 heteroatoms. The Balaban J connectivity index is 2.81. The Hall–Kier alpha value is -1.40. The molecule has 5 atom stereocenters. The zero-order chi connectivity index (χ0) is 35.1. The van der Waals surface area contributed by atoms with Crippen LogP contribution in [0.15, 0.2) is 15.8 Å². The third-order valence-corrected chi connectivity index (χ3v) is 23.7. The van der Waals surface area contributed by atoms with Gasteiger partial charge in [-0.05, 0) is 61.3 Å². The zero-order valence-corrected chi connectivity index (χ0v) is 33.5. The normalized spacial score (nSPS) is 22.9. The number of aromatic amines is 1. The minimum atomic E-state index is -2.51. The Bertz CT molecular complexity index is 1300. The molecule has 3 unspecified atom stereocenters. The summed E-state index contributed by atoms with van der Waals surface area (Å²) >= 11 is 0. The van der Waals surface area contributed by atoms with Crippen molar-refractivity contribution in [1.82, 2.24) is 9.55 Å². The van der Waals surface area contributed by atoms with E-state index >= 15 is 0 Å². The topological polar surface area (TPSA) is 138 Å². The fourth-order valence-corrected chi connectivity index (χ4v) is 7.73. The predicted molar refractivity (Wildman–Crippen MR) is 184 cm³/mol. The first-order valence-corrected chi connectivity index (χ1v) is 24.7. The maximum atomic E-state index is 13.4. The molecule has 11 nitrogen and oxygen atoms in total. The monoisotopic (exact) mass is 688 g/mol. The van der Waals surface area contributed by atoms with Crippen LogP contribution in [0, 0.1) is 0 Å². The van der Waals surface area contributed by atoms with Crippen LogP contribution in [-0.2, 0) is 27.5 Å². The van der Waals surface area contributed by atoms with Crippen molar-refractivity contribution in [2.45, 2.75) is 154 Å². The second-order valence-electron chi connectivity index (χ2n) is 16.7. The quantitative estimate of drug-likeness (QED) is 0.217. The highest BCUT2D eigenvalue weighted by atomic mass is 28.4. The Morgan fingerprint density at radius 2 is 1.36 bits per heavy atom. The minimum Gasteiger partial charge on any atom is -0.464 e. The van der Waals surface area contributed by atoms with Crippen LogP contribution in [0.5, 0.6) is 0 Å². The molecule has 1 aliphatic heterocycles. The molecule has 2 rings (SSSR count). The SMILES string of the molecule is CCOC(=O)C(O)c1cn([C@@H]2O[C@H](CO[Si](C)(C)C(C)(C)C)C(O[Si](C)(C)C(C)(C)C)C2O[Si](C)(C)C(C)(C)C)c(=O)[nH]c1=O. The molecular weight excluding hydrogens is 629 g/mol. The number of carbonyl (C=O) groups excluding carboxylic acids is 1. The second-order valence-corrected chi connectivity index (χ2v) is 31.0. The molecule has 45 heavy (non-hydrogen) atoms. The average Bonchev–Trinajstić information content (AvgIpc) is 3.16. The summed E-state index contributed by atoms with van der Waals surface area (Å²) in [6.07, 6.45) is -3.73. The van der Waals surface area contributed by atoms with Crippen molar-refractivity contribution >= 4 is 30.9 Å². The van der Waals surface area contributed by atoms with E-state index in [-0.39, 0.29) is 33.9 Å². The lowest BCUT2D eigenvalue weighted by Gasteiger charge is -2.44. The van der Waals surface area contributed by atoms with E-state index in [1.807, 2.05) is 0 Å². The average molecular weight is 689 g/mol. The maximum absolute atomic E-state index is 13.4. The van der Waals surface area contributed by atoms with Crippen molar-refractivity contribution < 1.29 is 32.7 Å². The number of nitrogens with one attached hydrogen (secondary N) is 1. The van der Waals surface area contributed by atoms with Gasteiger partial charge in [-0.3, -0.25) is 14.3 Å². The van der Waals surface area contributed by atoms with Crippen molar-refractivity contribution in [1.29, 1.82) is 0 Å². The predicted octanol–water partition coefficient (Wildman–Crippen LogP) is 5.83. The van der Waals surface area contributed by atoms with E-state index < -0.39 is 72.8 Å². The number of aromatic nitrogens is 2. The summed E-state index contributed by atoms with van der Waals surface area (Å²) in [4.78, 5) is 40.9. The van der Waals surface area contributed by atoms with Crippen LogP contribution in [0.1, 0.15) is 87.1 Å². The Morgan fingerprint density at radius 3 is 1.80 bits per heavy atom. The number of ether oxygens (including phenoxy) is 2. The van der Waals surface area contributed by atoms with Crippen LogP contribution in [0.3, 0.4) is 0 Å². The highest BCUT2D eigenvalue weighted by molar-refractivity contribution is 6.75. The molecule has 1 fully saturated rings. The first-order valence-electron chi connectivity index (χ1n) is 15.9. The number of nitrogens with zero attached hydrogens (tertiary/aromatic N) is 1. The van der Waals surface area contributed by atoms with Gasteiger partial charge in [0.2, 0.25) is 0 Å². The van der Waals surface area contributed by atoms with E-state index in [2.05, 4.69) is 107 Å². The molecule has 0 amide bonds. The number of aliphatic hydroxyl groups is 1. The Kier molecular flexibility index (Phi) is 12.0. The third-order valence-electron chi connectivity index (χ3n) is 10.2. The number of aliphatic hydroxyl groups excluding tert-OH is 1. The molecule has 0 aliphatic carbocycles. The first-order chi connectivity index (χ1) is 20.1. The van der Waals surface area contributed by atoms with E-state index in [1.54, 1.807) is 6.92 Å². The second kappa shape index (κ2) is 13.6. The van der Waals surface area contributed by atoms with Crippen LogP contribution in [0.2, 0.25) is 54.4 Å². The van der Waals surface area contributed by atoms with Crippen LogP contribution in [0.25, 0.3) is 0 Å². The van der Waals surface area contributed by atoms with E-state index in [4.69, 9.17) is 22.8 Å². The van der Waals surface area contributed by atoms with E-state index in [0.717, 1.165) is 0 Å². The third kappa shape index (κ3) is 8.95. The summed E-state index contributed by atoms with van der Waals surface area (Å²) in [5.41, 5.74) is -1.97. The number of hydrogen-bond acceptors (Lipinski definition) is 9. The van der Waals surface area contributed by atoms with Crippen molar-refractivity contribution in [3.8, 4) is 0 Å². The summed E-state index contributed by atoms with van der Waals surface area (Å²) in [6.45, 7) is 34.1. The molecule has 0 bridgehead atoms. The number of rotatable bonds is 11. The standard InChI is InChI=1S/C31H60N2O9Si3/c1-17-38-27(36)22(34)20-18-33(28(37)32-25(20)35)26-24(42-45(15,16)31(8,9)10)23(41-44(13,14)30(5,6)7)21(40-26)19-39-43(11,12)29(2,3)4/h18,21-24,26,34H,17,19H2,1-16H3,(H,32,35,37)/t21-,22?,23?,24?,26-/m1/s1. The fraction of sp³-hybridized carbons (Fsp3) is 0.839. The molecule has 260 valence electrons. The van der Waals surface area contributed by atoms with Gasteiger partial charge in [0, 0.05) is 6.20 Å². The molecule has 1 aromatic heterocycles. The van der Waals surface area contributed by atoms with Gasteiger partial charge < -0.3 is 27.9 Å². The van der Waals surface area contributed by atoms with Gasteiger partial charge >= 0.3 is 11.7 Å². The lowest BCUT2D eigenvalue weighted by atomic mass is 10.1. The van der Waals surface area contributed by atoms with Crippen LogP contribution in [-0.4, -0.2) is 77.1 Å². The minimum absolute atomic E-state index is 0.0178. The largest absolute Gasteiger partial charge is 0.464 e. The van der Waals surface area contributed by atoms with Crippen molar-refractivity contribution in [3.63, 3.8) is 0 Å². The maximum Gasteiger partial charge on any atom is 0.339 e. The summed E-state index contributed by atoms with van der Waals surface area (Å²) in [5, 5.41) is 10.3. The van der Waals surface area contributed by atoms with Crippen molar-refractivity contribution in [2.24, 2.45) is 0 Å². The molecule has 2 heterocycles. The van der Waals surface area contributed by atoms with Gasteiger partial charge in [0.1, 0.15) is 18.3 Å². The van der Waals surface area contributed by atoms with Gasteiger partial charge in [-0.25, -0.2) is 9.59 Å².